The van der Waals surface area contributed by atoms with Crippen molar-refractivity contribution >= 4 is 21.5 Å². The number of hydrogen-bond donors (Lipinski definition) is 1. The Hall–Kier alpha value is -3.46. The summed E-state index contributed by atoms with van der Waals surface area (Å²) in [7, 11) is 2.14. The smallest absolute Gasteiger partial charge is 0.263 e. The van der Waals surface area contributed by atoms with Crippen LogP contribution >= 0.6 is 0 Å². The molecule has 13 nitrogen and oxygen atoms in total. The van der Waals surface area contributed by atoms with Crippen LogP contribution in [0.5, 0.6) is 5.88 Å². The summed E-state index contributed by atoms with van der Waals surface area (Å²) in [6.45, 7) is 13.9. The third-order valence-corrected chi connectivity index (χ3v) is 10.6. The summed E-state index contributed by atoms with van der Waals surface area (Å²) in [6.07, 6.45) is 2.15. The maximum Gasteiger partial charge on any atom is 0.263 e. The molecule has 7 rings (SSSR count). The summed E-state index contributed by atoms with van der Waals surface area (Å²) in [5.41, 5.74) is -0.288. The van der Waals surface area contributed by atoms with Crippen LogP contribution in [0.4, 0.5) is 0 Å². The number of nitrogens with zero attached hydrogens (tertiary/aromatic N) is 7. The molecule has 0 spiro atoms. The molecule has 2 aromatic rings. The number of morpholine rings is 2. The van der Waals surface area contributed by atoms with Gasteiger partial charge in [-0.15, -0.1) is 0 Å². The molecule has 0 atom stereocenters. The molecule has 1 aromatic carbocycles. The zero-order chi connectivity index (χ0) is 33.9. The van der Waals surface area contributed by atoms with Crippen LogP contribution in [0.1, 0.15) is 19.3 Å². The number of likely N-dealkylation sites (N-methyl/N-ethyl adjacent to an activating group) is 1. The molecule has 0 unspecified atom stereocenters. The zero-order valence-electron chi connectivity index (χ0n) is 28.7. The van der Waals surface area contributed by atoms with E-state index in [4.69, 9.17) is 14.5 Å². The van der Waals surface area contributed by atoms with Gasteiger partial charge in [0.05, 0.1) is 42.7 Å². The number of aromatic nitrogens is 2. The Kier molecular flexibility index (Phi) is 10.5. The highest BCUT2D eigenvalue weighted by Crippen LogP contribution is 2.36. The number of rotatable bonds is 12. The SMILES string of the molecule is CN1CCN(CCCN=c2cc3c(=O)n(CCCN4CCOCC4)c(=O)c4ccc5c(O)n(CCCN6CCOCC6)c(=O)c2c5c4-3)CC1. The van der Waals surface area contributed by atoms with E-state index in [9.17, 15) is 19.5 Å². The number of ether oxygens (including phenoxy) is 2. The van der Waals surface area contributed by atoms with Gasteiger partial charge in [-0.2, -0.15) is 0 Å². The average molecular weight is 676 g/mol. The van der Waals surface area contributed by atoms with E-state index in [0.29, 0.717) is 96.9 Å². The molecular formula is C36H49N7O6. The molecule has 264 valence electrons. The van der Waals surface area contributed by atoms with Crippen LogP contribution in [0.25, 0.3) is 32.7 Å². The van der Waals surface area contributed by atoms with Crippen LogP contribution in [0.3, 0.4) is 0 Å². The largest absolute Gasteiger partial charge is 0.494 e. The molecular weight excluding hydrogens is 626 g/mol. The third kappa shape index (κ3) is 7.10. The van der Waals surface area contributed by atoms with Crippen LogP contribution < -0.4 is 22.0 Å². The number of benzene rings is 2. The standard InChI is InChI=1S/C36H49N7O6/c1-38-13-15-39(16-14-38)8-2-7-37-29-25-28-30-26(33(44)42(35(28)46)11-3-9-40-17-21-48-22-18-40)5-6-27-31(30)32(29)36(47)43(34(27)45)12-4-10-41-19-23-49-24-20-41/h5-6,25,45H,2-4,7-24H2,1H3. The Labute approximate surface area is 285 Å². The summed E-state index contributed by atoms with van der Waals surface area (Å²) >= 11 is 0. The topological polar surface area (TPSA) is 125 Å². The van der Waals surface area contributed by atoms with E-state index >= 15 is 0 Å². The highest BCUT2D eigenvalue weighted by atomic mass is 16.5. The van der Waals surface area contributed by atoms with E-state index in [1.807, 2.05) is 0 Å². The maximum absolute atomic E-state index is 14.3. The minimum Gasteiger partial charge on any atom is -0.494 e. The van der Waals surface area contributed by atoms with E-state index in [-0.39, 0.29) is 22.6 Å². The fourth-order valence-corrected chi connectivity index (χ4v) is 7.72. The van der Waals surface area contributed by atoms with Gasteiger partial charge in [0.25, 0.3) is 16.7 Å². The van der Waals surface area contributed by atoms with E-state index in [1.54, 1.807) is 18.2 Å². The van der Waals surface area contributed by atoms with Crippen LogP contribution in [0.2, 0.25) is 0 Å². The second-order valence-electron chi connectivity index (χ2n) is 13.8. The Morgan fingerprint density at radius 3 is 1.88 bits per heavy atom. The minimum atomic E-state index is -0.378. The monoisotopic (exact) mass is 675 g/mol. The summed E-state index contributed by atoms with van der Waals surface area (Å²) in [6, 6.07) is 5.13. The summed E-state index contributed by atoms with van der Waals surface area (Å²) < 4.78 is 13.7. The van der Waals surface area contributed by atoms with Crippen molar-refractivity contribution < 1.29 is 14.6 Å². The summed E-state index contributed by atoms with van der Waals surface area (Å²) in [5.74, 6) is -0.142. The molecule has 5 heterocycles. The van der Waals surface area contributed by atoms with Gasteiger partial charge in [-0.25, -0.2) is 0 Å². The quantitative estimate of drug-likeness (QED) is 0.166. The van der Waals surface area contributed by atoms with Gasteiger partial charge in [0.2, 0.25) is 5.88 Å². The van der Waals surface area contributed by atoms with Crippen molar-refractivity contribution in [2.24, 2.45) is 4.99 Å². The zero-order valence-corrected chi connectivity index (χ0v) is 28.7. The molecule has 0 radical (unpaired) electrons. The summed E-state index contributed by atoms with van der Waals surface area (Å²) in [4.78, 5) is 56.6. The van der Waals surface area contributed by atoms with Gasteiger partial charge in [-0.1, -0.05) is 0 Å². The summed E-state index contributed by atoms with van der Waals surface area (Å²) in [5, 5.41) is 13.7. The normalized spacial score (nSPS) is 19.7. The molecule has 5 aliphatic rings. The molecule has 0 amide bonds. The van der Waals surface area contributed by atoms with Crippen molar-refractivity contribution in [2.75, 3.05) is 112 Å². The predicted molar refractivity (Wildman–Crippen MR) is 190 cm³/mol. The fourth-order valence-electron chi connectivity index (χ4n) is 7.72. The van der Waals surface area contributed by atoms with E-state index in [1.165, 1.54) is 9.13 Å². The van der Waals surface area contributed by atoms with Gasteiger partial charge in [0.1, 0.15) is 0 Å². The molecule has 13 heteroatoms. The minimum absolute atomic E-state index is 0.142. The van der Waals surface area contributed by atoms with Crippen LogP contribution in [-0.4, -0.2) is 146 Å². The van der Waals surface area contributed by atoms with Crippen molar-refractivity contribution in [3.8, 4) is 17.0 Å². The lowest BCUT2D eigenvalue weighted by Gasteiger charge is -2.32. The second-order valence-corrected chi connectivity index (χ2v) is 13.8. The molecule has 0 bridgehead atoms. The van der Waals surface area contributed by atoms with Crippen LogP contribution in [0.15, 0.2) is 37.6 Å². The van der Waals surface area contributed by atoms with Crippen molar-refractivity contribution in [1.29, 1.82) is 0 Å². The fraction of sp³-hybridized carbons (Fsp3) is 0.611. The van der Waals surface area contributed by atoms with Crippen molar-refractivity contribution in [3.63, 3.8) is 0 Å². The number of aromatic hydroxyl groups is 1. The van der Waals surface area contributed by atoms with E-state index in [2.05, 4.69) is 26.6 Å². The van der Waals surface area contributed by atoms with Gasteiger partial charge in [-0.05, 0) is 51.1 Å². The number of hydrogen-bond acceptors (Lipinski definition) is 11. The van der Waals surface area contributed by atoms with Crippen molar-refractivity contribution in [2.45, 2.75) is 32.4 Å². The third-order valence-electron chi connectivity index (χ3n) is 10.6. The first kappa shape index (κ1) is 34.0. The van der Waals surface area contributed by atoms with Gasteiger partial charge in [0.15, 0.2) is 0 Å². The lowest BCUT2D eigenvalue weighted by Crippen LogP contribution is -2.44. The molecule has 4 aliphatic heterocycles. The van der Waals surface area contributed by atoms with Gasteiger partial charge >= 0.3 is 0 Å². The van der Waals surface area contributed by atoms with Crippen molar-refractivity contribution in [3.05, 3.63) is 54.6 Å². The molecule has 49 heavy (non-hydrogen) atoms. The molecule has 0 saturated carbocycles. The lowest BCUT2D eigenvalue weighted by molar-refractivity contribution is 0.0368. The first-order valence-corrected chi connectivity index (χ1v) is 18.0. The predicted octanol–water partition coefficient (Wildman–Crippen LogP) is 0.345. The van der Waals surface area contributed by atoms with Gasteiger partial charge < -0.3 is 24.4 Å². The Morgan fingerprint density at radius 1 is 0.653 bits per heavy atom. The Morgan fingerprint density at radius 2 is 1.22 bits per heavy atom. The van der Waals surface area contributed by atoms with Crippen LogP contribution in [-0.2, 0) is 22.6 Å². The molecule has 1 aromatic heterocycles. The lowest BCUT2D eigenvalue weighted by atomic mass is 9.90. The van der Waals surface area contributed by atoms with Gasteiger partial charge in [-0.3, -0.25) is 38.3 Å². The van der Waals surface area contributed by atoms with Crippen molar-refractivity contribution in [1.82, 2.24) is 28.7 Å². The molecule has 1 N–H and O–H groups in total. The average Bonchev–Trinajstić information content (AvgIpc) is 3.12. The second kappa shape index (κ2) is 15.2. The highest BCUT2D eigenvalue weighted by molar-refractivity contribution is 6.15. The Balaban J connectivity index is 1.27. The molecule has 1 aliphatic carbocycles. The molecule has 3 fully saturated rings. The number of piperazine rings is 1. The van der Waals surface area contributed by atoms with Gasteiger partial charge in [0, 0.05) is 107 Å². The highest BCUT2D eigenvalue weighted by Gasteiger charge is 2.27. The Bertz CT molecular complexity index is 1940. The number of pyridine rings is 2. The first-order chi connectivity index (χ1) is 23.9. The first-order valence-electron chi connectivity index (χ1n) is 18.0. The van der Waals surface area contributed by atoms with E-state index in [0.717, 1.165) is 78.4 Å². The maximum atomic E-state index is 14.3. The van der Waals surface area contributed by atoms with Crippen LogP contribution in [0, 0.1) is 0 Å². The molecule has 3 saturated heterocycles. The van der Waals surface area contributed by atoms with E-state index < -0.39 is 0 Å².